The fourth-order valence-electron chi connectivity index (χ4n) is 3.32. The third kappa shape index (κ3) is 9.45. The van der Waals surface area contributed by atoms with E-state index in [0.717, 1.165) is 5.69 Å². The number of alkyl halides is 3. The smallest absolute Gasteiger partial charge is 0.490 e. The predicted octanol–water partition coefficient (Wildman–Crippen LogP) is 4.27. The number of amides is 3. The van der Waals surface area contributed by atoms with E-state index in [2.05, 4.69) is 4.98 Å². The highest BCUT2D eigenvalue weighted by atomic mass is 19.4. The molecule has 1 aromatic heterocycles. The minimum Gasteiger partial charge on any atom is -0.490 e. The number of aliphatic carboxylic acids is 1. The summed E-state index contributed by atoms with van der Waals surface area (Å²) in [4.78, 5) is 43.8. The van der Waals surface area contributed by atoms with Crippen molar-refractivity contribution in [2.75, 3.05) is 38.2 Å². The molecule has 0 bridgehead atoms. The van der Waals surface area contributed by atoms with Crippen molar-refractivity contribution in [3.63, 3.8) is 0 Å². The molecular formula is C25H31F3N4O6. The molecule has 1 fully saturated rings. The normalized spacial score (nSPS) is 15.6. The summed E-state index contributed by atoms with van der Waals surface area (Å²) in [6, 6.07) is 12.6. The second kappa shape index (κ2) is 13.0. The Labute approximate surface area is 218 Å². The van der Waals surface area contributed by atoms with E-state index < -0.39 is 17.7 Å². The van der Waals surface area contributed by atoms with Gasteiger partial charge in [0, 0.05) is 38.6 Å². The van der Waals surface area contributed by atoms with Gasteiger partial charge in [0.25, 0.3) is 0 Å². The second-order valence-corrected chi connectivity index (χ2v) is 9.25. The number of hydrogen-bond donors (Lipinski definition) is 1. The van der Waals surface area contributed by atoms with Crippen LogP contribution in [0.2, 0.25) is 0 Å². The Balaban J connectivity index is 0.000000638. The molecule has 10 nitrogen and oxygen atoms in total. The molecule has 1 aliphatic rings. The van der Waals surface area contributed by atoms with Crippen LogP contribution in [0.15, 0.2) is 54.9 Å². The molecule has 0 saturated carbocycles. The first kappa shape index (κ1) is 30.2. The lowest BCUT2D eigenvalue weighted by Gasteiger charge is -2.42. The molecule has 3 amide bonds. The maximum absolute atomic E-state index is 13.3. The number of para-hydroxylation sites is 1. The highest BCUT2D eigenvalue weighted by Crippen LogP contribution is 2.20. The van der Waals surface area contributed by atoms with Gasteiger partial charge in [-0.25, -0.2) is 14.4 Å². The lowest BCUT2D eigenvalue weighted by molar-refractivity contribution is -0.192. The molecule has 2 aromatic rings. The van der Waals surface area contributed by atoms with E-state index in [0.29, 0.717) is 25.4 Å². The standard InChI is InChI=1S/C23H30N4O4.C2HF3O2/c1-23(2,3)31-22(29)26-13-14-27(21(28)25(4)18-9-6-5-7-10-18)19(16-26)17-30-20-11-8-12-24-15-20;3-2(4,5)1(6)7/h5-12,15,19H,13-14,16-17H2,1-4H3;(H,6,7). The number of nitrogens with zero attached hydrogens (tertiary/aromatic N) is 4. The van der Waals surface area contributed by atoms with E-state index >= 15 is 0 Å². The summed E-state index contributed by atoms with van der Waals surface area (Å²) in [5, 5.41) is 7.12. The minimum atomic E-state index is -5.08. The van der Waals surface area contributed by atoms with Gasteiger partial charge in [-0.05, 0) is 45.0 Å². The first-order valence-electron chi connectivity index (χ1n) is 11.6. The van der Waals surface area contributed by atoms with Gasteiger partial charge >= 0.3 is 24.3 Å². The van der Waals surface area contributed by atoms with Crippen molar-refractivity contribution in [2.24, 2.45) is 0 Å². The Morgan fingerprint density at radius 1 is 1.08 bits per heavy atom. The molecule has 1 aromatic carbocycles. The topological polar surface area (TPSA) is 113 Å². The minimum absolute atomic E-state index is 0.144. The number of halogens is 3. The molecule has 0 aliphatic carbocycles. The van der Waals surface area contributed by atoms with Gasteiger partial charge in [-0.1, -0.05) is 18.2 Å². The van der Waals surface area contributed by atoms with Crippen molar-refractivity contribution in [3.05, 3.63) is 54.9 Å². The van der Waals surface area contributed by atoms with Crippen LogP contribution in [0.4, 0.5) is 28.4 Å². The first-order chi connectivity index (χ1) is 17.7. The zero-order valence-electron chi connectivity index (χ0n) is 21.5. The molecule has 1 aliphatic heterocycles. The number of pyridine rings is 1. The molecule has 0 spiro atoms. The SMILES string of the molecule is CN(C(=O)N1CCN(C(=O)OC(C)(C)C)CC1COc1cccnc1)c1ccccc1.O=C(O)C(F)(F)F. The zero-order valence-corrected chi connectivity index (χ0v) is 21.5. The number of hydrogen-bond acceptors (Lipinski definition) is 6. The van der Waals surface area contributed by atoms with Crippen LogP contribution in [0.3, 0.4) is 0 Å². The third-order valence-electron chi connectivity index (χ3n) is 5.13. The molecule has 13 heteroatoms. The Hall–Kier alpha value is -4.03. The third-order valence-corrected chi connectivity index (χ3v) is 5.13. The van der Waals surface area contributed by atoms with Gasteiger partial charge in [-0.3, -0.25) is 9.88 Å². The van der Waals surface area contributed by atoms with Crippen LogP contribution >= 0.6 is 0 Å². The fraction of sp³-hybridized carbons (Fsp3) is 0.440. The number of carboxylic acids is 1. The summed E-state index contributed by atoms with van der Waals surface area (Å²) in [6.45, 7) is 6.85. The summed E-state index contributed by atoms with van der Waals surface area (Å²) in [7, 11) is 1.75. The van der Waals surface area contributed by atoms with Crippen LogP contribution in [0.25, 0.3) is 0 Å². The average Bonchev–Trinajstić information content (AvgIpc) is 2.86. The van der Waals surface area contributed by atoms with E-state index in [-0.39, 0.29) is 24.8 Å². The quantitative estimate of drug-likeness (QED) is 0.616. The largest absolute Gasteiger partial charge is 0.490 e. The average molecular weight is 541 g/mol. The lowest BCUT2D eigenvalue weighted by Crippen LogP contribution is -2.61. The van der Waals surface area contributed by atoms with Crippen molar-refractivity contribution in [2.45, 2.75) is 38.6 Å². The maximum Gasteiger partial charge on any atom is 0.490 e. The lowest BCUT2D eigenvalue weighted by atomic mass is 10.1. The Bertz CT molecular complexity index is 1060. The van der Waals surface area contributed by atoms with E-state index in [4.69, 9.17) is 19.4 Å². The number of carboxylic acid groups (broad SMARTS) is 1. The molecule has 2 heterocycles. The number of anilines is 1. The summed E-state index contributed by atoms with van der Waals surface area (Å²) in [5.41, 5.74) is 0.216. The van der Waals surface area contributed by atoms with Gasteiger partial charge in [-0.15, -0.1) is 0 Å². The molecule has 1 N–H and O–H groups in total. The van der Waals surface area contributed by atoms with Crippen LogP contribution in [0.1, 0.15) is 20.8 Å². The first-order valence-corrected chi connectivity index (χ1v) is 11.6. The highest BCUT2D eigenvalue weighted by molar-refractivity contribution is 5.91. The van der Waals surface area contributed by atoms with Crippen LogP contribution < -0.4 is 9.64 Å². The van der Waals surface area contributed by atoms with Crippen LogP contribution in [-0.4, -0.2) is 89.1 Å². The zero-order chi connectivity index (χ0) is 28.5. The van der Waals surface area contributed by atoms with Crippen molar-refractivity contribution in [1.29, 1.82) is 0 Å². The molecule has 0 radical (unpaired) electrons. The molecule has 3 rings (SSSR count). The second-order valence-electron chi connectivity index (χ2n) is 9.25. The maximum atomic E-state index is 13.3. The monoisotopic (exact) mass is 540 g/mol. The summed E-state index contributed by atoms with van der Waals surface area (Å²) in [6.07, 6.45) is -2.18. The van der Waals surface area contributed by atoms with Crippen molar-refractivity contribution >= 4 is 23.8 Å². The van der Waals surface area contributed by atoms with Crippen molar-refractivity contribution in [1.82, 2.24) is 14.8 Å². The van der Waals surface area contributed by atoms with Gasteiger partial charge in [0.1, 0.15) is 18.0 Å². The Morgan fingerprint density at radius 2 is 1.71 bits per heavy atom. The molecule has 208 valence electrons. The highest BCUT2D eigenvalue weighted by Gasteiger charge is 2.38. The van der Waals surface area contributed by atoms with Crippen LogP contribution in [0, 0.1) is 0 Å². The van der Waals surface area contributed by atoms with E-state index in [1.54, 1.807) is 40.2 Å². The molecule has 38 heavy (non-hydrogen) atoms. The van der Waals surface area contributed by atoms with Crippen molar-refractivity contribution < 1.29 is 42.1 Å². The number of urea groups is 1. The van der Waals surface area contributed by atoms with Gasteiger partial charge in [0.2, 0.25) is 0 Å². The summed E-state index contributed by atoms with van der Waals surface area (Å²) >= 11 is 0. The van der Waals surface area contributed by atoms with Gasteiger partial charge < -0.3 is 24.4 Å². The van der Waals surface area contributed by atoms with E-state index in [1.807, 2.05) is 57.2 Å². The molecular weight excluding hydrogens is 509 g/mol. The van der Waals surface area contributed by atoms with Crippen molar-refractivity contribution in [3.8, 4) is 5.75 Å². The van der Waals surface area contributed by atoms with Gasteiger partial charge in [-0.2, -0.15) is 13.2 Å². The van der Waals surface area contributed by atoms with Crippen LogP contribution in [-0.2, 0) is 9.53 Å². The number of ether oxygens (including phenoxy) is 2. The molecule has 1 saturated heterocycles. The van der Waals surface area contributed by atoms with Gasteiger partial charge in [0.05, 0.1) is 12.2 Å². The Kier molecular flexibility index (Phi) is 10.3. The summed E-state index contributed by atoms with van der Waals surface area (Å²) < 4.78 is 43.1. The van der Waals surface area contributed by atoms with Crippen LogP contribution in [0.5, 0.6) is 5.75 Å². The number of rotatable bonds is 4. The van der Waals surface area contributed by atoms with E-state index in [1.165, 1.54) is 0 Å². The number of piperazine rings is 1. The summed E-state index contributed by atoms with van der Waals surface area (Å²) in [5.74, 6) is -2.15. The number of aromatic nitrogens is 1. The molecule has 1 unspecified atom stereocenters. The van der Waals surface area contributed by atoms with Gasteiger partial charge in [0.15, 0.2) is 0 Å². The number of benzene rings is 1. The molecule has 1 atom stereocenters. The van der Waals surface area contributed by atoms with E-state index in [9.17, 15) is 22.8 Å². The number of carbonyl (C=O) groups excluding carboxylic acids is 2. The fourth-order valence-corrected chi connectivity index (χ4v) is 3.32. The number of carbonyl (C=O) groups is 3. The predicted molar refractivity (Wildman–Crippen MR) is 132 cm³/mol. The Morgan fingerprint density at radius 3 is 2.24 bits per heavy atom.